The largest absolute Gasteiger partial charge is 0.495 e. The minimum Gasteiger partial charge on any atom is -0.495 e. The first-order valence-electron chi connectivity index (χ1n) is 5.62. The van der Waals surface area contributed by atoms with E-state index in [0.29, 0.717) is 0 Å². The predicted octanol–water partition coefficient (Wildman–Crippen LogP) is 0.708. The molecule has 0 saturated carbocycles. The van der Waals surface area contributed by atoms with E-state index in [4.69, 9.17) is 15.1 Å². The lowest BCUT2D eigenvalue weighted by Crippen LogP contribution is -2.34. The Bertz CT molecular complexity index is 648. The van der Waals surface area contributed by atoms with E-state index in [-0.39, 0.29) is 22.6 Å². The highest BCUT2D eigenvalue weighted by atomic mass is 32.2. The number of hydrogen-bond acceptors (Lipinski definition) is 5. The zero-order valence-electron chi connectivity index (χ0n) is 11.0. The van der Waals surface area contributed by atoms with Crippen molar-refractivity contribution >= 4 is 16.0 Å². The summed E-state index contributed by atoms with van der Waals surface area (Å²) in [5.74, 6) is -1.08. The molecule has 0 aliphatic heterocycles. The quantitative estimate of drug-likeness (QED) is 0.798. The maximum Gasteiger partial charge on any atom is 0.304 e. The molecule has 0 bridgehead atoms. The molecule has 0 fully saturated rings. The molecule has 1 atom stereocenters. The number of carboxylic acid groups (broad SMARTS) is 1. The van der Waals surface area contributed by atoms with Crippen molar-refractivity contribution in [1.82, 2.24) is 4.72 Å². The topological polar surface area (TPSA) is 116 Å². The number of sulfonamides is 1. The van der Waals surface area contributed by atoms with Gasteiger partial charge in [-0.15, -0.1) is 0 Å². The summed E-state index contributed by atoms with van der Waals surface area (Å²) in [4.78, 5) is 10.4. The Balaban J connectivity index is 3.10. The zero-order chi connectivity index (χ0) is 15.3. The van der Waals surface area contributed by atoms with Gasteiger partial charge in [-0.2, -0.15) is 5.26 Å². The fourth-order valence-corrected chi connectivity index (χ4v) is 2.99. The first kappa shape index (κ1) is 15.9. The number of aliphatic carboxylic acids is 1. The normalized spacial score (nSPS) is 12.4. The van der Waals surface area contributed by atoms with Crippen LogP contribution in [0, 0.1) is 11.3 Å². The predicted molar refractivity (Wildman–Crippen MR) is 69.7 cm³/mol. The monoisotopic (exact) mass is 298 g/mol. The molecule has 0 heterocycles. The van der Waals surface area contributed by atoms with E-state index in [9.17, 15) is 13.2 Å². The summed E-state index contributed by atoms with van der Waals surface area (Å²) < 4.78 is 31.5. The third-order valence-corrected chi connectivity index (χ3v) is 4.05. The number of nitrogens with zero attached hydrogens (tertiary/aromatic N) is 1. The lowest BCUT2D eigenvalue weighted by molar-refractivity contribution is -0.137. The van der Waals surface area contributed by atoms with Crippen LogP contribution in [-0.2, 0) is 14.8 Å². The maximum atomic E-state index is 12.1. The summed E-state index contributed by atoms with van der Waals surface area (Å²) in [5, 5.41) is 17.4. The van der Waals surface area contributed by atoms with Gasteiger partial charge in [-0.05, 0) is 25.1 Å². The first-order valence-corrected chi connectivity index (χ1v) is 7.10. The number of nitrogens with one attached hydrogen (secondary N) is 1. The lowest BCUT2D eigenvalue weighted by Gasteiger charge is -2.14. The molecular weight excluding hydrogens is 284 g/mol. The third-order valence-electron chi connectivity index (χ3n) is 2.42. The Kier molecular flexibility index (Phi) is 5.07. The molecule has 108 valence electrons. The number of hydrogen-bond donors (Lipinski definition) is 2. The summed E-state index contributed by atoms with van der Waals surface area (Å²) in [6, 6.07) is 5.00. The average Bonchev–Trinajstić information content (AvgIpc) is 2.36. The summed E-state index contributed by atoms with van der Waals surface area (Å²) in [6.45, 7) is 1.45. The number of carboxylic acids is 1. The van der Waals surface area contributed by atoms with Crippen LogP contribution in [0.2, 0.25) is 0 Å². The van der Waals surface area contributed by atoms with Gasteiger partial charge in [-0.1, -0.05) is 0 Å². The number of methoxy groups -OCH3 is 1. The molecule has 2 N–H and O–H groups in total. The maximum absolute atomic E-state index is 12.1. The molecule has 0 radical (unpaired) electrons. The molecule has 0 aliphatic rings. The molecule has 0 aliphatic carbocycles. The van der Waals surface area contributed by atoms with Crippen LogP contribution in [0.25, 0.3) is 0 Å². The van der Waals surface area contributed by atoms with Gasteiger partial charge in [0, 0.05) is 6.04 Å². The van der Waals surface area contributed by atoms with Crippen molar-refractivity contribution in [3.63, 3.8) is 0 Å². The van der Waals surface area contributed by atoms with E-state index in [2.05, 4.69) is 4.72 Å². The van der Waals surface area contributed by atoms with Crippen molar-refractivity contribution in [2.24, 2.45) is 0 Å². The second-order valence-electron chi connectivity index (χ2n) is 4.10. The Morgan fingerprint density at radius 2 is 2.20 bits per heavy atom. The van der Waals surface area contributed by atoms with E-state index in [0.717, 1.165) is 0 Å². The summed E-state index contributed by atoms with van der Waals surface area (Å²) in [6.07, 6.45) is -0.335. The van der Waals surface area contributed by atoms with E-state index in [1.54, 1.807) is 0 Å². The first-order chi connectivity index (χ1) is 9.30. The van der Waals surface area contributed by atoms with Crippen LogP contribution in [0.3, 0.4) is 0 Å². The number of benzene rings is 1. The van der Waals surface area contributed by atoms with Gasteiger partial charge >= 0.3 is 5.97 Å². The van der Waals surface area contributed by atoms with Crippen LogP contribution >= 0.6 is 0 Å². The second-order valence-corrected chi connectivity index (χ2v) is 5.78. The molecule has 20 heavy (non-hydrogen) atoms. The molecule has 0 amide bonds. The van der Waals surface area contributed by atoms with Crippen molar-refractivity contribution in [2.45, 2.75) is 24.3 Å². The second kappa shape index (κ2) is 6.36. The molecular formula is C12H14N2O5S. The van der Waals surface area contributed by atoms with Crippen molar-refractivity contribution < 1.29 is 23.1 Å². The van der Waals surface area contributed by atoms with Crippen molar-refractivity contribution in [1.29, 1.82) is 5.26 Å². The van der Waals surface area contributed by atoms with Crippen molar-refractivity contribution in [3.8, 4) is 11.8 Å². The Hall–Kier alpha value is -2.11. The number of ether oxygens (including phenoxy) is 1. The standard InChI is InChI=1S/C12H14N2O5S/c1-8(5-12(15)16)14-20(17,18)11-4-3-9(7-13)6-10(11)19-2/h3-4,6,8,14H,5H2,1-2H3,(H,15,16)/t8-/m1/s1. The SMILES string of the molecule is COc1cc(C#N)ccc1S(=O)(=O)N[C@H](C)CC(=O)O. The minimum atomic E-state index is -3.92. The fraction of sp³-hybridized carbons (Fsp3) is 0.333. The van der Waals surface area contributed by atoms with E-state index in [1.165, 1.54) is 32.2 Å². The van der Waals surface area contributed by atoms with E-state index in [1.807, 2.05) is 6.07 Å². The molecule has 0 aromatic heterocycles. The van der Waals surface area contributed by atoms with Gasteiger partial charge in [0.25, 0.3) is 0 Å². The van der Waals surface area contributed by atoms with Crippen LogP contribution in [0.5, 0.6) is 5.75 Å². The van der Waals surface area contributed by atoms with Crippen LogP contribution in [0.1, 0.15) is 18.9 Å². The van der Waals surface area contributed by atoms with E-state index < -0.39 is 22.0 Å². The van der Waals surface area contributed by atoms with Crippen LogP contribution in [0.15, 0.2) is 23.1 Å². The van der Waals surface area contributed by atoms with Gasteiger partial charge in [0.2, 0.25) is 10.0 Å². The Labute approximate surface area is 116 Å². The highest BCUT2D eigenvalue weighted by Crippen LogP contribution is 2.25. The molecule has 8 heteroatoms. The molecule has 7 nitrogen and oxygen atoms in total. The van der Waals surface area contributed by atoms with Crippen molar-refractivity contribution in [2.75, 3.05) is 7.11 Å². The Morgan fingerprint density at radius 1 is 1.55 bits per heavy atom. The molecule has 0 spiro atoms. The van der Waals surface area contributed by atoms with Gasteiger partial charge in [-0.25, -0.2) is 13.1 Å². The molecule has 1 aromatic rings. The van der Waals surface area contributed by atoms with Gasteiger partial charge in [0.05, 0.1) is 25.2 Å². The summed E-state index contributed by atoms with van der Waals surface area (Å²) in [7, 11) is -2.63. The number of nitriles is 1. The summed E-state index contributed by atoms with van der Waals surface area (Å²) in [5.41, 5.74) is 0.263. The lowest BCUT2D eigenvalue weighted by atomic mass is 10.2. The van der Waals surface area contributed by atoms with Gasteiger partial charge < -0.3 is 9.84 Å². The van der Waals surface area contributed by atoms with Gasteiger partial charge in [0.15, 0.2) is 0 Å². The average molecular weight is 298 g/mol. The molecule has 1 rings (SSSR count). The summed E-state index contributed by atoms with van der Waals surface area (Å²) >= 11 is 0. The fourth-order valence-electron chi connectivity index (χ4n) is 1.59. The van der Waals surface area contributed by atoms with Gasteiger partial charge in [0.1, 0.15) is 10.6 Å². The highest BCUT2D eigenvalue weighted by Gasteiger charge is 2.23. The highest BCUT2D eigenvalue weighted by molar-refractivity contribution is 7.89. The number of carbonyl (C=O) groups is 1. The molecule has 0 saturated heterocycles. The van der Waals surface area contributed by atoms with Gasteiger partial charge in [-0.3, -0.25) is 4.79 Å². The molecule has 0 unspecified atom stereocenters. The third kappa shape index (κ3) is 3.94. The number of rotatable bonds is 6. The van der Waals surface area contributed by atoms with Crippen LogP contribution in [0.4, 0.5) is 0 Å². The van der Waals surface area contributed by atoms with Crippen molar-refractivity contribution in [3.05, 3.63) is 23.8 Å². The molecule has 1 aromatic carbocycles. The van der Waals surface area contributed by atoms with Crippen LogP contribution < -0.4 is 9.46 Å². The van der Waals surface area contributed by atoms with Crippen LogP contribution in [-0.4, -0.2) is 32.6 Å². The Morgan fingerprint density at radius 3 is 2.70 bits per heavy atom. The zero-order valence-corrected chi connectivity index (χ0v) is 11.8. The minimum absolute atomic E-state index is 0.0269. The smallest absolute Gasteiger partial charge is 0.304 e. The van der Waals surface area contributed by atoms with E-state index >= 15 is 0 Å².